The van der Waals surface area contributed by atoms with E-state index < -0.39 is 0 Å². The zero-order chi connectivity index (χ0) is 14.6. The highest BCUT2D eigenvalue weighted by Gasteiger charge is 2.23. The molecule has 0 aliphatic heterocycles. The third-order valence-electron chi connectivity index (χ3n) is 4.19. The van der Waals surface area contributed by atoms with Crippen LogP contribution >= 0.6 is 0 Å². The van der Waals surface area contributed by atoms with Gasteiger partial charge in [-0.05, 0) is 49.9 Å². The van der Waals surface area contributed by atoms with Gasteiger partial charge >= 0.3 is 0 Å². The maximum atomic E-state index is 3.84. The SMILES string of the molecule is CN(C)CC(C)(C)CNC1CCCCc2ccccc21. The van der Waals surface area contributed by atoms with Crippen molar-refractivity contribution in [3.63, 3.8) is 0 Å². The number of rotatable bonds is 5. The Morgan fingerprint density at radius 2 is 1.95 bits per heavy atom. The number of benzene rings is 1. The molecular weight excluding hydrogens is 244 g/mol. The van der Waals surface area contributed by atoms with Crippen LogP contribution < -0.4 is 5.32 Å². The molecule has 1 atom stereocenters. The van der Waals surface area contributed by atoms with Gasteiger partial charge in [0, 0.05) is 19.1 Å². The molecule has 0 radical (unpaired) electrons. The molecule has 0 fully saturated rings. The van der Waals surface area contributed by atoms with Gasteiger partial charge in [-0.2, -0.15) is 0 Å². The predicted molar refractivity (Wildman–Crippen MR) is 87.1 cm³/mol. The molecule has 0 saturated carbocycles. The number of nitrogens with one attached hydrogen (secondary N) is 1. The van der Waals surface area contributed by atoms with Gasteiger partial charge in [0.25, 0.3) is 0 Å². The monoisotopic (exact) mass is 274 g/mol. The van der Waals surface area contributed by atoms with E-state index in [0.29, 0.717) is 11.5 Å². The summed E-state index contributed by atoms with van der Waals surface area (Å²) < 4.78 is 0. The van der Waals surface area contributed by atoms with Gasteiger partial charge in [0.05, 0.1) is 0 Å². The van der Waals surface area contributed by atoms with E-state index in [1.165, 1.54) is 31.2 Å². The third-order valence-corrected chi connectivity index (χ3v) is 4.19. The third kappa shape index (κ3) is 4.32. The van der Waals surface area contributed by atoms with Gasteiger partial charge in [0.15, 0.2) is 0 Å². The van der Waals surface area contributed by atoms with Crippen LogP contribution in [-0.4, -0.2) is 32.1 Å². The molecule has 2 rings (SSSR count). The molecule has 1 aliphatic carbocycles. The Balaban J connectivity index is 2.02. The molecule has 1 aliphatic rings. The van der Waals surface area contributed by atoms with Gasteiger partial charge in [-0.15, -0.1) is 0 Å². The van der Waals surface area contributed by atoms with Crippen molar-refractivity contribution in [1.82, 2.24) is 10.2 Å². The first-order valence-electron chi connectivity index (χ1n) is 7.94. The standard InChI is InChI=1S/C18H30N2/c1-18(2,14-20(3)4)13-19-17-12-8-6-10-15-9-5-7-11-16(15)17/h5,7,9,11,17,19H,6,8,10,12-14H2,1-4H3. The van der Waals surface area contributed by atoms with Crippen molar-refractivity contribution in [3.05, 3.63) is 35.4 Å². The molecule has 0 amide bonds. The van der Waals surface area contributed by atoms with Gasteiger partial charge in [-0.25, -0.2) is 0 Å². The van der Waals surface area contributed by atoms with Crippen molar-refractivity contribution < 1.29 is 0 Å². The molecule has 1 N–H and O–H groups in total. The minimum atomic E-state index is 0.310. The Hall–Kier alpha value is -0.860. The molecular formula is C18H30N2. The lowest BCUT2D eigenvalue weighted by Crippen LogP contribution is -2.39. The van der Waals surface area contributed by atoms with Crippen molar-refractivity contribution in [2.75, 3.05) is 27.2 Å². The fourth-order valence-electron chi connectivity index (χ4n) is 3.44. The van der Waals surface area contributed by atoms with Crippen molar-refractivity contribution in [2.45, 2.75) is 45.6 Å². The second-order valence-corrected chi connectivity index (χ2v) is 7.28. The molecule has 2 heteroatoms. The lowest BCUT2D eigenvalue weighted by molar-refractivity contribution is 0.223. The van der Waals surface area contributed by atoms with E-state index in [1.807, 2.05) is 0 Å². The molecule has 0 bridgehead atoms. The van der Waals surface area contributed by atoms with Crippen molar-refractivity contribution in [2.24, 2.45) is 5.41 Å². The van der Waals surface area contributed by atoms with E-state index in [0.717, 1.165) is 13.1 Å². The summed E-state index contributed by atoms with van der Waals surface area (Å²) in [4.78, 5) is 2.28. The topological polar surface area (TPSA) is 15.3 Å². The lowest BCUT2D eigenvalue weighted by atomic mass is 9.91. The quantitative estimate of drug-likeness (QED) is 0.825. The number of nitrogens with zero attached hydrogens (tertiary/aromatic N) is 1. The minimum Gasteiger partial charge on any atom is -0.309 e. The molecule has 20 heavy (non-hydrogen) atoms. The average molecular weight is 274 g/mol. The van der Waals surface area contributed by atoms with Crippen LogP contribution in [0.5, 0.6) is 0 Å². The van der Waals surface area contributed by atoms with Crippen molar-refractivity contribution in [3.8, 4) is 0 Å². The van der Waals surface area contributed by atoms with E-state index in [-0.39, 0.29) is 0 Å². The summed E-state index contributed by atoms with van der Waals surface area (Å²) in [7, 11) is 4.31. The fourth-order valence-corrected chi connectivity index (χ4v) is 3.44. The van der Waals surface area contributed by atoms with Crippen LogP contribution in [-0.2, 0) is 6.42 Å². The van der Waals surface area contributed by atoms with E-state index >= 15 is 0 Å². The number of hydrogen-bond acceptors (Lipinski definition) is 2. The van der Waals surface area contributed by atoms with E-state index in [9.17, 15) is 0 Å². The fraction of sp³-hybridized carbons (Fsp3) is 0.667. The Bertz CT molecular complexity index is 423. The van der Waals surface area contributed by atoms with Gasteiger partial charge in [-0.3, -0.25) is 0 Å². The number of aryl methyl sites for hydroxylation is 1. The summed E-state index contributed by atoms with van der Waals surface area (Å²) in [6.45, 7) is 6.89. The molecule has 0 spiro atoms. The van der Waals surface area contributed by atoms with Crippen molar-refractivity contribution in [1.29, 1.82) is 0 Å². The van der Waals surface area contributed by atoms with E-state index in [4.69, 9.17) is 0 Å². The molecule has 2 nitrogen and oxygen atoms in total. The van der Waals surface area contributed by atoms with Gasteiger partial charge in [-0.1, -0.05) is 44.5 Å². The molecule has 0 aromatic heterocycles. The highest BCUT2D eigenvalue weighted by atomic mass is 15.1. The van der Waals surface area contributed by atoms with Gasteiger partial charge < -0.3 is 10.2 Å². The zero-order valence-corrected chi connectivity index (χ0v) is 13.6. The molecule has 0 saturated heterocycles. The van der Waals surface area contributed by atoms with Crippen LogP contribution in [0.1, 0.15) is 50.3 Å². The lowest BCUT2D eigenvalue weighted by Gasteiger charge is -2.31. The Kier molecular flexibility index (Phi) is 5.22. The maximum absolute atomic E-state index is 3.84. The largest absolute Gasteiger partial charge is 0.309 e. The Morgan fingerprint density at radius 3 is 2.70 bits per heavy atom. The van der Waals surface area contributed by atoms with Crippen LogP contribution in [0.3, 0.4) is 0 Å². The highest BCUT2D eigenvalue weighted by Crippen LogP contribution is 2.29. The molecule has 1 unspecified atom stereocenters. The van der Waals surface area contributed by atoms with Crippen LogP contribution in [0, 0.1) is 5.41 Å². The molecule has 0 heterocycles. The average Bonchev–Trinajstić information content (AvgIpc) is 2.57. The predicted octanol–water partition coefficient (Wildman–Crippen LogP) is 3.63. The Morgan fingerprint density at radius 1 is 1.20 bits per heavy atom. The van der Waals surface area contributed by atoms with Crippen LogP contribution in [0.2, 0.25) is 0 Å². The van der Waals surface area contributed by atoms with Gasteiger partial charge in [0.1, 0.15) is 0 Å². The first-order valence-corrected chi connectivity index (χ1v) is 7.94. The van der Waals surface area contributed by atoms with Crippen LogP contribution in [0.15, 0.2) is 24.3 Å². The number of hydrogen-bond donors (Lipinski definition) is 1. The van der Waals surface area contributed by atoms with Gasteiger partial charge in [0.2, 0.25) is 0 Å². The second-order valence-electron chi connectivity index (χ2n) is 7.28. The normalized spacial score (nSPS) is 19.8. The summed E-state index contributed by atoms with van der Waals surface area (Å²) in [5.41, 5.74) is 3.39. The minimum absolute atomic E-state index is 0.310. The first kappa shape index (κ1) is 15.5. The second kappa shape index (κ2) is 6.73. The smallest absolute Gasteiger partial charge is 0.0323 e. The molecule has 1 aromatic carbocycles. The summed E-state index contributed by atoms with van der Waals surface area (Å²) in [6, 6.07) is 9.52. The Labute approximate surface area is 124 Å². The van der Waals surface area contributed by atoms with Crippen LogP contribution in [0.25, 0.3) is 0 Å². The van der Waals surface area contributed by atoms with E-state index in [1.54, 1.807) is 5.56 Å². The molecule has 1 aromatic rings. The summed E-state index contributed by atoms with van der Waals surface area (Å²) >= 11 is 0. The zero-order valence-electron chi connectivity index (χ0n) is 13.6. The summed E-state index contributed by atoms with van der Waals surface area (Å²) in [5, 5.41) is 3.84. The van der Waals surface area contributed by atoms with Crippen molar-refractivity contribution >= 4 is 0 Å². The maximum Gasteiger partial charge on any atom is 0.0323 e. The van der Waals surface area contributed by atoms with E-state index in [2.05, 4.69) is 62.4 Å². The highest BCUT2D eigenvalue weighted by molar-refractivity contribution is 5.31. The number of fused-ring (bicyclic) bond motifs is 1. The summed E-state index contributed by atoms with van der Waals surface area (Å²) in [5.74, 6) is 0. The molecule has 112 valence electrons. The first-order chi connectivity index (χ1) is 9.48. The van der Waals surface area contributed by atoms with Crippen LogP contribution in [0.4, 0.5) is 0 Å². The summed E-state index contributed by atoms with van der Waals surface area (Å²) in [6.07, 6.45) is 5.18.